The average molecular weight is 197 g/mol. The highest BCUT2D eigenvalue weighted by Crippen LogP contribution is 2.49. The lowest BCUT2D eigenvalue weighted by Crippen LogP contribution is -2.48. The Bertz CT molecular complexity index is 283. The Morgan fingerprint density at radius 1 is 1.43 bits per heavy atom. The molecule has 4 heteroatoms. The minimum Gasteiger partial charge on any atom is -0.481 e. The molecule has 1 unspecified atom stereocenters. The smallest absolute Gasteiger partial charge is 0.306 e. The second-order valence-electron chi connectivity index (χ2n) is 4.42. The Morgan fingerprint density at radius 2 is 2.07 bits per heavy atom. The second kappa shape index (κ2) is 2.97. The molecule has 0 bridgehead atoms. The van der Waals surface area contributed by atoms with Gasteiger partial charge < -0.3 is 10.0 Å². The van der Waals surface area contributed by atoms with Crippen molar-refractivity contribution in [3.8, 4) is 0 Å². The van der Waals surface area contributed by atoms with Crippen molar-refractivity contribution in [1.29, 1.82) is 0 Å². The summed E-state index contributed by atoms with van der Waals surface area (Å²) in [7, 11) is 0. The summed E-state index contributed by atoms with van der Waals surface area (Å²) < 4.78 is 0. The molecule has 1 aliphatic heterocycles. The number of nitrogens with zero attached hydrogens (tertiary/aromatic N) is 1. The number of rotatable bonds is 1. The van der Waals surface area contributed by atoms with E-state index in [1.54, 1.807) is 6.92 Å². The van der Waals surface area contributed by atoms with Crippen LogP contribution < -0.4 is 0 Å². The first-order chi connectivity index (χ1) is 6.55. The van der Waals surface area contributed by atoms with Crippen molar-refractivity contribution < 1.29 is 14.7 Å². The average Bonchev–Trinajstić information content (AvgIpc) is 2.84. The Balaban J connectivity index is 2.09. The molecular formula is C10H15NO3. The van der Waals surface area contributed by atoms with Gasteiger partial charge in [0.1, 0.15) is 0 Å². The molecule has 14 heavy (non-hydrogen) atoms. The maximum atomic E-state index is 11.3. The van der Waals surface area contributed by atoms with E-state index in [1.807, 2.05) is 4.90 Å². The lowest BCUT2D eigenvalue weighted by molar-refractivity contribution is -0.148. The summed E-state index contributed by atoms with van der Waals surface area (Å²) in [6, 6.07) is 0. The molecule has 1 N–H and O–H groups in total. The van der Waals surface area contributed by atoms with Crippen LogP contribution in [0.15, 0.2) is 0 Å². The van der Waals surface area contributed by atoms with Crippen LogP contribution in [0.1, 0.15) is 32.6 Å². The van der Waals surface area contributed by atoms with Gasteiger partial charge in [0.05, 0.1) is 5.92 Å². The third kappa shape index (κ3) is 1.38. The Morgan fingerprint density at radius 3 is 2.50 bits per heavy atom. The molecule has 1 heterocycles. The van der Waals surface area contributed by atoms with Crippen LogP contribution in [0.5, 0.6) is 0 Å². The molecule has 78 valence electrons. The van der Waals surface area contributed by atoms with Gasteiger partial charge in [0.15, 0.2) is 0 Å². The fraction of sp³-hybridized carbons (Fsp3) is 0.800. The third-order valence-electron chi connectivity index (χ3n) is 3.46. The third-order valence-corrected chi connectivity index (χ3v) is 3.46. The SMILES string of the molecule is CC(=O)N1CCC(C(=O)O)CC12CC2. The molecular weight excluding hydrogens is 182 g/mol. The van der Waals surface area contributed by atoms with Crippen molar-refractivity contribution >= 4 is 11.9 Å². The summed E-state index contributed by atoms with van der Waals surface area (Å²) in [5.74, 6) is -0.862. The number of carboxylic acids is 1. The van der Waals surface area contributed by atoms with E-state index in [4.69, 9.17) is 5.11 Å². The van der Waals surface area contributed by atoms with Gasteiger partial charge in [-0.3, -0.25) is 9.59 Å². The number of carboxylic acid groups (broad SMARTS) is 1. The minimum atomic E-state index is -0.709. The molecule has 2 rings (SSSR count). The highest BCUT2D eigenvalue weighted by atomic mass is 16.4. The minimum absolute atomic E-state index is 0.0762. The number of hydrogen-bond donors (Lipinski definition) is 1. The zero-order chi connectivity index (χ0) is 10.3. The maximum absolute atomic E-state index is 11.3. The van der Waals surface area contributed by atoms with Crippen molar-refractivity contribution in [3.05, 3.63) is 0 Å². The first kappa shape index (κ1) is 9.49. The van der Waals surface area contributed by atoms with Crippen molar-refractivity contribution in [3.63, 3.8) is 0 Å². The fourth-order valence-electron chi connectivity index (χ4n) is 2.51. The van der Waals surface area contributed by atoms with E-state index in [2.05, 4.69) is 0 Å². The lowest BCUT2D eigenvalue weighted by atomic mass is 9.89. The number of aliphatic carboxylic acids is 1. The zero-order valence-corrected chi connectivity index (χ0v) is 8.32. The molecule has 1 aliphatic carbocycles. The summed E-state index contributed by atoms with van der Waals surface area (Å²) >= 11 is 0. The first-order valence-corrected chi connectivity index (χ1v) is 5.06. The van der Waals surface area contributed by atoms with E-state index in [0.29, 0.717) is 19.4 Å². The van der Waals surface area contributed by atoms with Gasteiger partial charge in [-0.05, 0) is 25.7 Å². The van der Waals surface area contributed by atoms with E-state index in [9.17, 15) is 9.59 Å². The number of likely N-dealkylation sites (tertiary alicyclic amines) is 1. The van der Waals surface area contributed by atoms with Crippen LogP contribution in [0.25, 0.3) is 0 Å². The van der Waals surface area contributed by atoms with Crippen molar-refractivity contribution in [1.82, 2.24) is 4.90 Å². The van der Waals surface area contributed by atoms with E-state index in [0.717, 1.165) is 12.8 Å². The quantitative estimate of drug-likeness (QED) is 0.678. The number of hydrogen-bond acceptors (Lipinski definition) is 2. The molecule has 1 atom stereocenters. The molecule has 0 radical (unpaired) electrons. The summed E-state index contributed by atoms with van der Waals surface area (Å²) in [5, 5.41) is 8.92. The van der Waals surface area contributed by atoms with E-state index in [-0.39, 0.29) is 17.4 Å². The highest BCUT2D eigenvalue weighted by molar-refractivity contribution is 5.76. The van der Waals surface area contributed by atoms with Crippen LogP contribution in [0, 0.1) is 5.92 Å². The lowest BCUT2D eigenvalue weighted by Gasteiger charge is -2.38. The van der Waals surface area contributed by atoms with Gasteiger partial charge in [0.25, 0.3) is 0 Å². The predicted molar refractivity (Wildman–Crippen MR) is 49.7 cm³/mol. The Kier molecular flexibility index (Phi) is 2.01. The van der Waals surface area contributed by atoms with E-state index < -0.39 is 5.97 Å². The van der Waals surface area contributed by atoms with Gasteiger partial charge in [0.2, 0.25) is 5.91 Å². The van der Waals surface area contributed by atoms with Crippen LogP contribution in [0.2, 0.25) is 0 Å². The standard InChI is InChI=1S/C10H15NO3/c1-7(12)11-5-2-8(9(13)14)6-10(11)3-4-10/h8H,2-6H2,1H3,(H,13,14). The van der Waals surface area contributed by atoms with Gasteiger partial charge in [-0.1, -0.05) is 0 Å². The maximum Gasteiger partial charge on any atom is 0.306 e. The molecule has 2 fully saturated rings. The Labute approximate surface area is 82.9 Å². The van der Waals surface area contributed by atoms with Crippen LogP contribution >= 0.6 is 0 Å². The number of piperidine rings is 1. The Hall–Kier alpha value is -1.06. The summed E-state index contributed by atoms with van der Waals surface area (Å²) in [4.78, 5) is 24.0. The largest absolute Gasteiger partial charge is 0.481 e. The molecule has 1 saturated carbocycles. The summed E-state index contributed by atoms with van der Waals surface area (Å²) in [6.07, 6.45) is 3.23. The van der Waals surface area contributed by atoms with Gasteiger partial charge in [-0.25, -0.2) is 0 Å². The first-order valence-electron chi connectivity index (χ1n) is 5.06. The highest BCUT2D eigenvalue weighted by Gasteiger charge is 2.53. The second-order valence-corrected chi connectivity index (χ2v) is 4.42. The normalized spacial score (nSPS) is 28.9. The van der Waals surface area contributed by atoms with Gasteiger partial charge in [0, 0.05) is 19.0 Å². The topological polar surface area (TPSA) is 57.6 Å². The molecule has 0 aromatic rings. The van der Waals surface area contributed by atoms with E-state index in [1.165, 1.54) is 0 Å². The number of amides is 1. The van der Waals surface area contributed by atoms with Crippen LogP contribution in [-0.4, -0.2) is 34.0 Å². The molecule has 4 nitrogen and oxygen atoms in total. The monoisotopic (exact) mass is 197 g/mol. The van der Waals surface area contributed by atoms with Crippen LogP contribution in [0.4, 0.5) is 0 Å². The van der Waals surface area contributed by atoms with Gasteiger partial charge >= 0.3 is 5.97 Å². The van der Waals surface area contributed by atoms with Crippen molar-refractivity contribution in [2.24, 2.45) is 5.92 Å². The van der Waals surface area contributed by atoms with E-state index >= 15 is 0 Å². The van der Waals surface area contributed by atoms with Crippen LogP contribution in [0.3, 0.4) is 0 Å². The van der Waals surface area contributed by atoms with Crippen molar-refractivity contribution in [2.75, 3.05) is 6.54 Å². The molecule has 1 saturated heterocycles. The molecule has 0 aromatic heterocycles. The fourth-order valence-corrected chi connectivity index (χ4v) is 2.51. The molecule has 1 spiro atoms. The molecule has 2 aliphatic rings. The summed E-state index contributed by atoms with van der Waals surface area (Å²) in [5.41, 5.74) is -0.0762. The van der Waals surface area contributed by atoms with Crippen molar-refractivity contribution in [2.45, 2.75) is 38.1 Å². The number of carbonyl (C=O) groups excluding carboxylic acids is 1. The zero-order valence-electron chi connectivity index (χ0n) is 8.32. The van der Waals surface area contributed by atoms with Gasteiger partial charge in [-0.15, -0.1) is 0 Å². The van der Waals surface area contributed by atoms with Crippen LogP contribution in [-0.2, 0) is 9.59 Å². The molecule has 1 amide bonds. The molecule has 0 aromatic carbocycles. The number of carbonyl (C=O) groups is 2. The van der Waals surface area contributed by atoms with Gasteiger partial charge in [-0.2, -0.15) is 0 Å². The predicted octanol–water partition coefficient (Wildman–Crippen LogP) is 0.862. The summed E-state index contributed by atoms with van der Waals surface area (Å²) in [6.45, 7) is 2.19.